The average molecular weight is 425 g/mol. The molecule has 0 saturated carbocycles. The number of halogens is 1. The first kappa shape index (κ1) is 21.7. The van der Waals surface area contributed by atoms with Gasteiger partial charge in [-0.3, -0.25) is 9.59 Å². The van der Waals surface area contributed by atoms with Crippen molar-refractivity contribution in [2.45, 2.75) is 33.0 Å². The van der Waals surface area contributed by atoms with Gasteiger partial charge in [0.05, 0.1) is 12.8 Å². The third-order valence-corrected chi connectivity index (χ3v) is 5.03. The van der Waals surface area contributed by atoms with Crippen LogP contribution in [-0.4, -0.2) is 34.2 Å². The topological polar surface area (TPSA) is 53.8 Å². The highest BCUT2D eigenvalue weighted by molar-refractivity contribution is 6.30. The summed E-state index contributed by atoms with van der Waals surface area (Å²) in [5.74, 6) is 0.346. The number of hydrogen-bond acceptors (Lipinski definition) is 3. The zero-order valence-corrected chi connectivity index (χ0v) is 17.9. The van der Waals surface area contributed by atoms with Gasteiger partial charge in [-0.25, -0.2) is 0 Å². The van der Waals surface area contributed by atoms with Crippen LogP contribution in [-0.2, 0) is 17.9 Å². The zero-order chi connectivity index (χ0) is 21.5. The molecule has 3 rings (SSSR count). The van der Waals surface area contributed by atoms with Gasteiger partial charge in [-0.05, 0) is 55.8 Å². The molecule has 1 aromatic heterocycles. The molecule has 0 unspecified atom stereocenters. The number of nitrogens with zero attached hydrogens (tertiary/aromatic N) is 2. The summed E-state index contributed by atoms with van der Waals surface area (Å²) < 4.78 is 5.45. The Balaban J connectivity index is 1.78. The predicted octanol–water partition coefficient (Wildman–Crippen LogP) is 5.01. The van der Waals surface area contributed by atoms with E-state index in [4.69, 9.17) is 16.0 Å². The van der Waals surface area contributed by atoms with Gasteiger partial charge in [0.25, 0.3) is 5.91 Å². The molecule has 5 nitrogen and oxygen atoms in total. The number of amides is 2. The van der Waals surface area contributed by atoms with E-state index in [9.17, 15) is 9.59 Å². The van der Waals surface area contributed by atoms with E-state index in [2.05, 4.69) is 0 Å². The Hall–Kier alpha value is -3.05. The molecule has 0 aliphatic carbocycles. The molecule has 0 spiro atoms. The second kappa shape index (κ2) is 10.1. The van der Waals surface area contributed by atoms with E-state index in [0.717, 1.165) is 5.56 Å². The van der Waals surface area contributed by atoms with Crippen LogP contribution in [0.5, 0.6) is 0 Å². The number of rotatable bonds is 8. The molecular formula is C24H25ClN2O3. The molecular weight excluding hydrogens is 400 g/mol. The third kappa shape index (κ3) is 5.74. The van der Waals surface area contributed by atoms with Crippen LogP contribution in [0, 0.1) is 0 Å². The van der Waals surface area contributed by atoms with Crippen LogP contribution >= 0.6 is 11.6 Å². The first-order chi connectivity index (χ1) is 14.4. The van der Waals surface area contributed by atoms with Crippen LogP contribution in [0.25, 0.3) is 0 Å². The lowest BCUT2D eigenvalue weighted by Crippen LogP contribution is -2.45. The van der Waals surface area contributed by atoms with Crippen LogP contribution in [0.1, 0.15) is 35.5 Å². The molecule has 156 valence electrons. The van der Waals surface area contributed by atoms with Crippen LogP contribution in [0.15, 0.2) is 77.4 Å². The molecule has 2 aromatic carbocycles. The fourth-order valence-electron chi connectivity index (χ4n) is 3.12. The van der Waals surface area contributed by atoms with Gasteiger partial charge in [-0.2, -0.15) is 0 Å². The van der Waals surface area contributed by atoms with Crippen LogP contribution in [0.2, 0.25) is 5.02 Å². The fourth-order valence-corrected chi connectivity index (χ4v) is 3.25. The summed E-state index contributed by atoms with van der Waals surface area (Å²) in [5.41, 5.74) is 1.51. The second-order valence-corrected chi connectivity index (χ2v) is 7.78. The maximum Gasteiger partial charge on any atom is 0.254 e. The summed E-state index contributed by atoms with van der Waals surface area (Å²) in [7, 11) is 0. The van der Waals surface area contributed by atoms with Gasteiger partial charge in [0.15, 0.2) is 0 Å². The van der Waals surface area contributed by atoms with Crippen molar-refractivity contribution in [2.24, 2.45) is 0 Å². The molecule has 1 heterocycles. The molecule has 0 N–H and O–H groups in total. The molecule has 0 aliphatic heterocycles. The highest BCUT2D eigenvalue weighted by atomic mass is 35.5. The predicted molar refractivity (Wildman–Crippen MR) is 117 cm³/mol. The summed E-state index contributed by atoms with van der Waals surface area (Å²) >= 11 is 5.93. The number of hydrogen-bond donors (Lipinski definition) is 0. The van der Waals surface area contributed by atoms with E-state index >= 15 is 0 Å². The minimum absolute atomic E-state index is 0.0212. The van der Waals surface area contributed by atoms with Crippen molar-refractivity contribution in [3.63, 3.8) is 0 Å². The summed E-state index contributed by atoms with van der Waals surface area (Å²) in [5, 5.41) is 0.561. The summed E-state index contributed by atoms with van der Waals surface area (Å²) in [6.45, 7) is 4.54. The third-order valence-electron chi connectivity index (χ3n) is 4.78. The van der Waals surface area contributed by atoms with Gasteiger partial charge in [-0.15, -0.1) is 0 Å². The van der Waals surface area contributed by atoms with Crippen molar-refractivity contribution >= 4 is 23.4 Å². The van der Waals surface area contributed by atoms with Crippen LogP contribution in [0.3, 0.4) is 0 Å². The van der Waals surface area contributed by atoms with Gasteiger partial charge >= 0.3 is 0 Å². The van der Waals surface area contributed by atoms with Gasteiger partial charge in [0.1, 0.15) is 12.3 Å². The Kier molecular flexibility index (Phi) is 7.31. The van der Waals surface area contributed by atoms with Crippen LogP contribution in [0.4, 0.5) is 0 Å². The van der Waals surface area contributed by atoms with E-state index < -0.39 is 0 Å². The Bertz CT molecular complexity index is 954. The minimum Gasteiger partial charge on any atom is -0.467 e. The molecule has 0 radical (unpaired) electrons. The first-order valence-electron chi connectivity index (χ1n) is 9.84. The molecule has 30 heavy (non-hydrogen) atoms. The fraction of sp³-hybridized carbons (Fsp3) is 0.250. The van der Waals surface area contributed by atoms with E-state index in [1.807, 2.05) is 50.2 Å². The Morgan fingerprint density at radius 3 is 2.23 bits per heavy atom. The minimum atomic E-state index is -0.201. The number of carbonyl (C=O) groups excluding carboxylic acids is 2. The van der Waals surface area contributed by atoms with Crippen molar-refractivity contribution in [3.05, 3.63) is 94.9 Å². The summed E-state index contributed by atoms with van der Waals surface area (Å²) in [6, 6.07) is 20.0. The summed E-state index contributed by atoms with van der Waals surface area (Å²) in [4.78, 5) is 29.6. The highest BCUT2D eigenvalue weighted by Crippen LogP contribution is 2.16. The molecule has 0 saturated heterocycles. The Morgan fingerprint density at radius 1 is 0.933 bits per heavy atom. The zero-order valence-electron chi connectivity index (χ0n) is 17.1. The highest BCUT2D eigenvalue weighted by Gasteiger charge is 2.25. The SMILES string of the molecule is CC(C)N(CC(=O)N(Cc1ccccc1)Cc1ccco1)C(=O)c1ccc(Cl)cc1. The Labute approximate surface area is 181 Å². The summed E-state index contributed by atoms with van der Waals surface area (Å²) in [6.07, 6.45) is 1.59. The average Bonchev–Trinajstić information content (AvgIpc) is 3.25. The lowest BCUT2D eigenvalue weighted by Gasteiger charge is -2.30. The van der Waals surface area contributed by atoms with Gasteiger partial charge in [0.2, 0.25) is 5.91 Å². The maximum absolute atomic E-state index is 13.2. The smallest absolute Gasteiger partial charge is 0.254 e. The normalized spacial score (nSPS) is 10.8. The number of carbonyl (C=O) groups is 2. The van der Waals surface area contributed by atoms with Gasteiger partial charge < -0.3 is 14.2 Å². The largest absolute Gasteiger partial charge is 0.467 e. The van der Waals surface area contributed by atoms with Gasteiger partial charge in [-0.1, -0.05) is 41.9 Å². The van der Waals surface area contributed by atoms with Crippen molar-refractivity contribution < 1.29 is 14.0 Å². The van der Waals surface area contributed by atoms with E-state index in [0.29, 0.717) is 29.4 Å². The van der Waals surface area contributed by atoms with Crippen molar-refractivity contribution in [1.82, 2.24) is 9.80 Å². The molecule has 0 fully saturated rings. The van der Waals surface area contributed by atoms with E-state index in [1.165, 1.54) is 0 Å². The Morgan fingerprint density at radius 2 is 1.63 bits per heavy atom. The molecule has 3 aromatic rings. The standard InChI is InChI=1S/C24H25ClN2O3/c1-18(2)27(24(29)20-10-12-21(25)13-11-20)17-23(28)26(16-22-9-6-14-30-22)15-19-7-4-3-5-8-19/h3-14,18H,15-17H2,1-2H3. The first-order valence-corrected chi connectivity index (χ1v) is 10.2. The maximum atomic E-state index is 13.2. The van der Waals surface area contributed by atoms with Crippen LogP contribution < -0.4 is 0 Å². The quantitative estimate of drug-likeness (QED) is 0.510. The van der Waals surface area contributed by atoms with Crippen molar-refractivity contribution in [2.75, 3.05) is 6.54 Å². The van der Waals surface area contributed by atoms with E-state index in [-0.39, 0.29) is 24.4 Å². The van der Waals surface area contributed by atoms with Crippen molar-refractivity contribution in [1.29, 1.82) is 0 Å². The molecule has 0 atom stereocenters. The lowest BCUT2D eigenvalue weighted by atomic mass is 10.1. The molecule has 0 aliphatic rings. The molecule has 2 amide bonds. The van der Waals surface area contributed by atoms with E-state index in [1.54, 1.807) is 46.4 Å². The number of benzene rings is 2. The van der Waals surface area contributed by atoms with Gasteiger partial charge in [0, 0.05) is 23.2 Å². The van der Waals surface area contributed by atoms with Crippen molar-refractivity contribution in [3.8, 4) is 0 Å². The lowest BCUT2D eigenvalue weighted by molar-refractivity contribution is -0.133. The second-order valence-electron chi connectivity index (χ2n) is 7.35. The number of furan rings is 1. The molecule has 0 bridgehead atoms. The monoisotopic (exact) mass is 424 g/mol. The molecule has 6 heteroatoms.